The summed E-state index contributed by atoms with van der Waals surface area (Å²) in [6, 6.07) is 0. The van der Waals surface area contributed by atoms with Crippen molar-refractivity contribution in [1.29, 1.82) is 0 Å². The van der Waals surface area contributed by atoms with Crippen LogP contribution in [0.5, 0.6) is 0 Å². The van der Waals surface area contributed by atoms with Gasteiger partial charge in [-0.25, -0.2) is 0 Å². The largest absolute Gasteiger partial charge is 0.330 e. The fourth-order valence-electron chi connectivity index (χ4n) is 1.73. The smallest absolute Gasteiger partial charge is 0.278 e. The molecule has 0 bridgehead atoms. The van der Waals surface area contributed by atoms with Gasteiger partial charge in [0.2, 0.25) is 0 Å². The van der Waals surface area contributed by atoms with Gasteiger partial charge in [0.25, 0.3) is 5.69 Å². The third-order valence-corrected chi connectivity index (χ3v) is 4.08. The molecule has 0 radical (unpaired) electrons. The number of pyridine rings is 1. The Balaban J connectivity index is 2.85. The molecule has 0 amide bonds. The van der Waals surface area contributed by atoms with E-state index in [0.29, 0.717) is 28.7 Å². The van der Waals surface area contributed by atoms with Crippen molar-refractivity contribution in [3.05, 3.63) is 33.1 Å². The maximum absolute atomic E-state index is 11.0. The van der Waals surface area contributed by atoms with Crippen LogP contribution in [0.2, 0.25) is 0 Å². The Labute approximate surface area is 111 Å². The van der Waals surface area contributed by atoms with Crippen molar-refractivity contribution in [3.63, 3.8) is 0 Å². The fourth-order valence-corrected chi connectivity index (χ4v) is 2.77. The van der Waals surface area contributed by atoms with Crippen LogP contribution < -0.4 is 5.73 Å². The maximum atomic E-state index is 11.0. The summed E-state index contributed by atoms with van der Waals surface area (Å²) in [5.41, 5.74) is 7.76. The van der Waals surface area contributed by atoms with Crippen molar-refractivity contribution in [1.82, 2.24) is 4.98 Å². The molecule has 2 N–H and O–H groups in total. The van der Waals surface area contributed by atoms with Gasteiger partial charge in [-0.3, -0.25) is 15.1 Å². The lowest BCUT2D eigenvalue weighted by molar-refractivity contribution is -0.386. The van der Waals surface area contributed by atoms with Gasteiger partial charge in [0, 0.05) is 28.3 Å². The second-order valence-corrected chi connectivity index (χ2v) is 5.74. The zero-order chi connectivity index (χ0) is 13.7. The molecule has 0 aromatic carbocycles. The number of nitrogens with zero attached hydrogens (tertiary/aromatic N) is 2. The number of aromatic nitrogens is 1. The number of nitro groups is 1. The topological polar surface area (TPSA) is 82.0 Å². The van der Waals surface area contributed by atoms with Gasteiger partial charge in [-0.2, -0.15) is 11.8 Å². The van der Waals surface area contributed by atoms with E-state index < -0.39 is 0 Å². The van der Waals surface area contributed by atoms with Gasteiger partial charge in [0.05, 0.1) is 10.6 Å². The van der Waals surface area contributed by atoms with Crippen LogP contribution in [0.4, 0.5) is 5.69 Å². The highest BCUT2D eigenvalue weighted by molar-refractivity contribution is 7.99. The summed E-state index contributed by atoms with van der Waals surface area (Å²) in [4.78, 5) is 15.0. The van der Waals surface area contributed by atoms with E-state index in [9.17, 15) is 10.1 Å². The summed E-state index contributed by atoms with van der Waals surface area (Å²) in [6.07, 6.45) is 2.52. The minimum atomic E-state index is -0.330. The standard InChI is InChI=1S/C12H19N3O2S/c1-8-6-14-11(7-18-9(2)4-5-13)10(3)12(8)15(16)17/h6,9H,4-5,7,13H2,1-3H3. The van der Waals surface area contributed by atoms with Crippen molar-refractivity contribution in [2.75, 3.05) is 6.54 Å². The van der Waals surface area contributed by atoms with E-state index in [2.05, 4.69) is 11.9 Å². The van der Waals surface area contributed by atoms with E-state index in [4.69, 9.17) is 5.73 Å². The molecule has 0 saturated heterocycles. The highest BCUT2D eigenvalue weighted by atomic mass is 32.2. The van der Waals surface area contributed by atoms with Gasteiger partial charge >= 0.3 is 0 Å². The van der Waals surface area contributed by atoms with Gasteiger partial charge in [-0.1, -0.05) is 6.92 Å². The van der Waals surface area contributed by atoms with Crippen LogP contribution in [0, 0.1) is 24.0 Å². The number of hydrogen-bond donors (Lipinski definition) is 1. The number of thioether (sulfide) groups is 1. The normalized spacial score (nSPS) is 12.4. The molecule has 0 saturated carbocycles. The van der Waals surface area contributed by atoms with E-state index in [1.165, 1.54) is 0 Å². The van der Waals surface area contributed by atoms with Crippen LogP contribution in [-0.2, 0) is 5.75 Å². The molecule has 1 heterocycles. The van der Waals surface area contributed by atoms with Crippen molar-refractivity contribution in [3.8, 4) is 0 Å². The van der Waals surface area contributed by atoms with E-state index in [1.54, 1.807) is 31.8 Å². The first-order valence-corrected chi connectivity index (χ1v) is 6.93. The first kappa shape index (κ1) is 14.9. The molecule has 0 aliphatic carbocycles. The van der Waals surface area contributed by atoms with Gasteiger partial charge in [-0.05, 0) is 26.8 Å². The summed E-state index contributed by atoms with van der Waals surface area (Å²) in [7, 11) is 0. The average Bonchev–Trinajstić information content (AvgIpc) is 2.28. The van der Waals surface area contributed by atoms with Gasteiger partial charge in [0.15, 0.2) is 0 Å². The Hall–Kier alpha value is -1.14. The second-order valence-electron chi connectivity index (χ2n) is 4.32. The average molecular weight is 269 g/mol. The van der Waals surface area contributed by atoms with Crippen LogP contribution >= 0.6 is 11.8 Å². The van der Waals surface area contributed by atoms with Crippen molar-refractivity contribution in [2.45, 2.75) is 38.2 Å². The monoisotopic (exact) mass is 269 g/mol. The molecule has 6 heteroatoms. The zero-order valence-electron chi connectivity index (χ0n) is 11.0. The lowest BCUT2D eigenvalue weighted by Crippen LogP contribution is -2.08. The van der Waals surface area contributed by atoms with Gasteiger partial charge in [0.1, 0.15) is 0 Å². The summed E-state index contributed by atoms with van der Waals surface area (Å²) in [5.74, 6) is 0.689. The first-order chi connectivity index (χ1) is 8.47. The third kappa shape index (κ3) is 3.68. The number of hydrogen-bond acceptors (Lipinski definition) is 5. The second kappa shape index (κ2) is 6.70. The van der Waals surface area contributed by atoms with Crippen molar-refractivity contribution < 1.29 is 4.92 Å². The Kier molecular flexibility index (Phi) is 5.55. The van der Waals surface area contributed by atoms with Crippen LogP contribution in [0.1, 0.15) is 30.2 Å². The molecule has 1 unspecified atom stereocenters. The zero-order valence-corrected chi connectivity index (χ0v) is 11.8. The molecule has 0 aliphatic heterocycles. The predicted molar refractivity (Wildman–Crippen MR) is 74.8 cm³/mol. The number of rotatable bonds is 6. The molecule has 1 rings (SSSR count). The third-order valence-electron chi connectivity index (χ3n) is 2.84. The molecule has 0 aliphatic rings. The highest BCUT2D eigenvalue weighted by Gasteiger charge is 2.18. The molecule has 0 spiro atoms. The van der Waals surface area contributed by atoms with Gasteiger partial charge < -0.3 is 5.73 Å². The highest BCUT2D eigenvalue weighted by Crippen LogP contribution is 2.27. The Morgan fingerprint density at radius 3 is 2.78 bits per heavy atom. The first-order valence-electron chi connectivity index (χ1n) is 5.88. The van der Waals surface area contributed by atoms with Crippen LogP contribution in [0.25, 0.3) is 0 Å². The quantitative estimate of drug-likeness (QED) is 0.634. The van der Waals surface area contributed by atoms with Crippen LogP contribution in [-0.4, -0.2) is 21.7 Å². The fraction of sp³-hybridized carbons (Fsp3) is 0.583. The van der Waals surface area contributed by atoms with E-state index in [0.717, 1.165) is 12.1 Å². The minimum Gasteiger partial charge on any atom is -0.330 e. The molecule has 100 valence electrons. The molecular formula is C12H19N3O2S. The van der Waals surface area contributed by atoms with Crippen LogP contribution in [0.15, 0.2) is 6.20 Å². The number of aryl methyl sites for hydroxylation is 1. The summed E-state index contributed by atoms with van der Waals surface area (Å²) in [5, 5.41) is 11.4. The van der Waals surface area contributed by atoms with Crippen molar-refractivity contribution >= 4 is 17.4 Å². The SMILES string of the molecule is Cc1cnc(CSC(C)CCN)c(C)c1[N+](=O)[O-]. The predicted octanol–water partition coefficient (Wildman–Crippen LogP) is 2.58. The van der Waals surface area contributed by atoms with Gasteiger partial charge in [-0.15, -0.1) is 0 Å². The summed E-state index contributed by atoms with van der Waals surface area (Å²) >= 11 is 1.73. The molecule has 1 atom stereocenters. The Bertz CT molecular complexity index is 438. The Morgan fingerprint density at radius 1 is 1.56 bits per heavy atom. The maximum Gasteiger partial charge on any atom is 0.278 e. The minimum absolute atomic E-state index is 0.187. The lowest BCUT2D eigenvalue weighted by atomic mass is 10.1. The molecular weight excluding hydrogens is 250 g/mol. The Morgan fingerprint density at radius 2 is 2.22 bits per heavy atom. The summed E-state index contributed by atoms with van der Waals surface area (Å²) < 4.78 is 0. The molecule has 1 aromatic heterocycles. The van der Waals surface area contributed by atoms with Crippen molar-refractivity contribution in [2.24, 2.45) is 5.73 Å². The molecule has 1 aromatic rings. The van der Waals surface area contributed by atoms with Crippen LogP contribution in [0.3, 0.4) is 0 Å². The van der Waals surface area contributed by atoms with E-state index >= 15 is 0 Å². The van der Waals surface area contributed by atoms with E-state index in [1.807, 2.05) is 0 Å². The number of nitrogens with two attached hydrogens (primary N) is 1. The molecule has 0 fully saturated rings. The van der Waals surface area contributed by atoms with E-state index in [-0.39, 0.29) is 10.6 Å². The summed E-state index contributed by atoms with van der Waals surface area (Å²) in [6.45, 7) is 6.25. The lowest BCUT2D eigenvalue weighted by Gasteiger charge is -2.11. The molecule has 5 nitrogen and oxygen atoms in total. The molecule has 18 heavy (non-hydrogen) atoms.